The summed E-state index contributed by atoms with van der Waals surface area (Å²) in [7, 11) is -1.99. The van der Waals surface area contributed by atoms with Gasteiger partial charge in [0, 0.05) is 18.6 Å². The summed E-state index contributed by atoms with van der Waals surface area (Å²) in [6.07, 6.45) is 1.26. The molecule has 0 saturated heterocycles. The average Bonchev–Trinajstić information content (AvgIpc) is 2.81. The Kier molecular flexibility index (Phi) is 3.74. The fourth-order valence-corrected chi connectivity index (χ4v) is 3.30. The second kappa shape index (κ2) is 5.13. The van der Waals surface area contributed by atoms with E-state index in [-0.39, 0.29) is 9.92 Å². The summed E-state index contributed by atoms with van der Waals surface area (Å²) >= 11 is 7.31. The second-order valence-electron chi connectivity index (χ2n) is 3.37. The van der Waals surface area contributed by atoms with Crippen molar-refractivity contribution in [2.24, 2.45) is 0 Å². The first kappa shape index (κ1) is 13.1. The van der Waals surface area contributed by atoms with Crippen LogP contribution in [0.25, 0.3) is 0 Å². The topological polar surface area (TPSA) is 71.1 Å². The zero-order valence-corrected chi connectivity index (χ0v) is 11.7. The van der Waals surface area contributed by atoms with Crippen molar-refractivity contribution in [3.05, 3.63) is 34.1 Å². The van der Waals surface area contributed by atoms with E-state index in [0.29, 0.717) is 11.5 Å². The first-order chi connectivity index (χ1) is 8.53. The third-order valence-corrected chi connectivity index (χ3v) is 4.46. The molecule has 0 amide bonds. The second-order valence-corrected chi connectivity index (χ2v) is 6.24. The molecule has 2 N–H and O–H groups in total. The molecule has 0 atom stereocenters. The summed E-state index contributed by atoms with van der Waals surface area (Å²) in [5, 5.41) is 6.51. The van der Waals surface area contributed by atoms with E-state index in [0.717, 1.165) is 0 Å². The standard InChI is InChI=1S/C10H10ClN3O2S2/c1-12-10-9(11)4-8(5-13-10)18(15,16)14-7-2-3-17-6-7/h2-6,14H,1H3,(H,12,13). The van der Waals surface area contributed by atoms with Crippen LogP contribution in [0.2, 0.25) is 5.02 Å². The van der Waals surface area contributed by atoms with Gasteiger partial charge in [-0.25, -0.2) is 13.4 Å². The number of pyridine rings is 1. The first-order valence-corrected chi connectivity index (χ1v) is 7.71. The summed E-state index contributed by atoms with van der Waals surface area (Å²) in [5.74, 6) is 0.436. The van der Waals surface area contributed by atoms with Crippen molar-refractivity contribution in [2.45, 2.75) is 4.90 Å². The van der Waals surface area contributed by atoms with Gasteiger partial charge in [0.15, 0.2) is 0 Å². The highest BCUT2D eigenvalue weighted by atomic mass is 35.5. The number of sulfonamides is 1. The lowest BCUT2D eigenvalue weighted by Gasteiger charge is -2.08. The van der Waals surface area contributed by atoms with Crippen LogP contribution in [0.15, 0.2) is 34.0 Å². The van der Waals surface area contributed by atoms with E-state index in [9.17, 15) is 8.42 Å². The van der Waals surface area contributed by atoms with Crippen LogP contribution in [0.3, 0.4) is 0 Å². The quantitative estimate of drug-likeness (QED) is 0.911. The summed E-state index contributed by atoms with van der Waals surface area (Å²) in [4.78, 5) is 3.96. The molecule has 96 valence electrons. The normalized spacial score (nSPS) is 11.2. The summed E-state index contributed by atoms with van der Waals surface area (Å²) < 4.78 is 26.5. The van der Waals surface area contributed by atoms with Gasteiger partial charge in [-0.1, -0.05) is 11.6 Å². The Labute approximate surface area is 114 Å². The zero-order valence-electron chi connectivity index (χ0n) is 9.34. The van der Waals surface area contributed by atoms with E-state index in [1.54, 1.807) is 23.9 Å². The van der Waals surface area contributed by atoms with Gasteiger partial charge in [0.2, 0.25) is 0 Å². The van der Waals surface area contributed by atoms with Crippen molar-refractivity contribution in [3.63, 3.8) is 0 Å². The van der Waals surface area contributed by atoms with Gasteiger partial charge in [0.1, 0.15) is 10.7 Å². The van der Waals surface area contributed by atoms with Crippen LogP contribution >= 0.6 is 22.9 Å². The molecule has 0 aliphatic rings. The van der Waals surface area contributed by atoms with Gasteiger partial charge in [-0.2, -0.15) is 11.3 Å². The average molecular weight is 304 g/mol. The molecule has 0 aliphatic heterocycles. The summed E-state index contributed by atoms with van der Waals surface area (Å²) in [5.41, 5.74) is 0.522. The molecule has 0 aliphatic carbocycles. The van der Waals surface area contributed by atoms with Crippen LogP contribution in [0.1, 0.15) is 0 Å². The Balaban J connectivity index is 2.33. The van der Waals surface area contributed by atoms with Gasteiger partial charge in [-0.3, -0.25) is 4.72 Å². The van der Waals surface area contributed by atoms with E-state index in [2.05, 4.69) is 15.0 Å². The molecule has 5 nitrogen and oxygen atoms in total. The minimum atomic E-state index is -3.65. The van der Waals surface area contributed by atoms with Gasteiger partial charge in [-0.15, -0.1) is 0 Å². The van der Waals surface area contributed by atoms with Crippen molar-refractivity contribution < 1.29 is 8.42 Å². The molecular formula is C10H10ClN3O2S2. The summed E-state index contributed by atoms with van der Waals surface area (Å²) in [6.45, 7) is 0. The Hall–Kier alpha value is -1.31. The molecule has 0 fully saturated rings. The zero-order chi connectivity index (χ0) is 13.2. The molecule has 2 aromatic rings. The number of hydrogen-bond donors (Lipinski definition) is 2. The van der Waals surface area contributed by atoms with Gasteiger partial charge >= 0.3 is 0 Å². The number of hydrogen-bond acceptors (Lipinski definition) is 5. The van der Waals surface area contributed by atoms with E-state index in [4.69, 9.17) is 11.6 Å². The number of halogens is 1. The fourth-order valence-electron chi connectivity index (χ4n) is 1.29. The summed E-state index contributed by atoms with van der Waals surface area (Å²) in [6, 6.07) is 3.04. The van der Waals surface area contributed by atoms with Crippen LogP contribution in [0.5, 0.6) is 0 Å². The van der Waals surface area contributed by atoms with Crippen molar-refractivity contribution >= 4 is 44.5 Å². The Morgan fingerprint density at radius 1 is 1.44 bits per heavy atom. The van der Waals surface area contributed by atoms with Crippen molar-refractivity contribution in [2.75, 3.05) is 17.1 Å². The predicted molar refractivity (Wildman–Crippen MR) is 73.9 cm³/mol. The molecule has 2 aromatic heterocycles. The molecule has 0 aromatic carbocycles. The third kappa shape index (κ3) is 2.74. The minimum Gasteiger partial charge on any atom is -0.372 e. The minimum absolute atomic E-state index is 0.0256. The molecule has 2 heterocycles. The van der Waals surface area contributed by atoms with Crippen molar-refractivity contribution in [1.82, 2.24) is 4.98 Å². The number of rotatable bonds is 4. The lowest BCUT2D eigenvalue weighted by Crippen LogP contribution is -2.13. The number of anilines is 2. The molecule has 2 rings (SSSR count). The van der Waals surface area contributed by atoms with Gasteiger partial charge in [0.05, 0.1) is 10.7 Å². The third-order valence-electron chi connectivity index (χ3n) is 2.14. The fraction of sp³-hybridized carbons (Fsp3) is 0.100. The van der Waals surface area contributed by atoms with E-state index >= 15 is 0 Å². The van der Waals surface area contributed by atoms with Gasteiger partial charge < -0.3 is 5.32 Å². The highest BCUT2D eigenvalue weighted by molar-refractivity contribution is 7.92. The molecule has 0 radical (unpaired) electrons. The van der Waals surface area contributed by atoms with Crippen molar-refractivity contribution in [1.29, 1.82) is 0 Å². The molecule has 18 heavy (non-hydrogen) atoms. The molecule has 0 spiro atoms. The van der Waals surface area contributed by atoms with Gasteiger partial charge in [-0.05, 0) is 17.5 Å². The van der Waals surface area contributed by atoms with Crippen LogP contribution in [0.4, 0.5) is 11.5 Å². The molecule has 8 heteroatoms. The Bertz CT molecular complexity index is 641. The van der Waals surface area contributed by atoms with Crippen LogP contribution in [0, 0.1) is 0 Å². The molecule has 0 bridgehead atoms. The maximum atomic E-state index is 12.0. The predicted octanol–water partition coefficient (Wildman–Crippen LogP) is 2.64. The molecule has 0 saturated carbocycles. The molecule has 0 unspecified atom stereocenters. The monoisotopic (exact) mass is 303 g/mol. The van der Waals surface area contributed by atoms with Crippen LogP contribution in [-0.4, -0.2) is 20.4 Å². The Morgan fingerprint density at radius 3 is 2.78 bits per heavy atom. The smallest absolute Gasteiger partial charge is 0.263 e. The SMILES string of the molecule is CNc1ncc(S(=O)(=O)Nc2ccsc2)cc1Cl. The molecular weight excluding hydrogens is 294 g/mol. The highest BCUT2D eigenvalue weighted by Gasteiger charge is 2.16. The van der Waals surface area contributed by atoms with Gasteiger partial charge in [0.25, 0.3) is 10.0 Å². The van der Waals surface area contributed by atoms with Crippen LogP contribution < -0.4 is 10.0 Å². The number of nitrogens with zero attached hydrogens (tertiary/aromatic N) is 1. The maximum absolute atomic E-state index is 12.0. The van der Waals surface area contributed by atoms with E-state index in [1.807, 2.05) is 0 Å². The number of aromatic nitrogens is 1. The van der Waals surface area contributed by atoms with Crippen molar-refractivity contribution in [3.8, 4) is 0 Å². The Morgan fingerprint density at radius 2 is 2.22 bits per heavy atom. The van der Waals surface area contributed by atoms with E-state index in [1.165, 1.54) is 23.6 Å². The number of thiophene rings is 1. The largest absolute Gasteiger partial charge is 0.372 e. The maximum Gasteiger partial charge on any atom is 0.263 e. The lowest BCUT2D eigenvalue weighted by molar-refractivity contribution is 0.601. The first-order valence-electron chi connectivity index (χ1n) is 4.91. The van der Waals surface area contributed by atoms with E-state index < -0.39 is 10.0 Å². The lowest BCUT2D eigenvalue weighted by atomic mass is 10.4. The highest BCUT2D eigenvalue weighted by Crippen LogP contribution is 2.24. The number of nitrogens with one attached hydrogen (secondary N) is 2. The van der Waals surface area contributed by atoms with Crippen LogP contribution in [-0.2, 0) is 10.0 Å².